The Labute approximate surface area is 144 Å². The molecule has 0 aliphatic heterocycles. The Hall–Kier alpha value is -2.30. The van der Waals surface area contributed by atoms with E-state index in [2.05, 4.69) is 10.4 Å². The number of aromatic nitrogens is 2. The lowest BCUT2D eigenvalue weighted by Crippen LogP contribution is -2.44. The fourth-order valence-electron chi connectivity index (χ4n) is 2.60. The lowest BCUT2D eigenvalue weighted by atomic mass is 10.2. The molecule has 1 amide bonds. The molecule has 0 spiro atoms. The van der Waals surface area contributed by atoms with E-state index in [9.17, 15) is 4.79 Å². The molecule has 0 fully saturated rings. The van der Waals surface area contributed by atoms with Gasteiger partial charge >= 0.3 is 0 Å². The lowest BCUT2D eigenvalue weighted by molar-refractivity contribution is -0.128. The molecule has 2 aromatic rings. The molecule has 1 aromatic carbocycles. The van der Waals surface area contributed by atoms with E-state index in [0.717, 1.165) is 11.4 Å². The van der Waals surface area contributed by atoms with Gasteiger partial charge in [0.2, 0.25) is 0 Å². The highest BCUT2D eigenvalue weighted by atomic mass is 16.5. The van der Waals surface area contributed by atoms with Crippen molar-refractivity contribution < 1.29 is 9.53 Å². The maximum atomic E-state index is 12.5. The summed E-state index contributed by atoms with van der Waals surface area (Å²) in [6.07, 6.45) is 0.127. The van der Waals surface area contributed by atoms with Crippen LogP contribution in [0.3, 0.4) is 0 Å². The normalized spacial score (nSPS) is 13.4. The Bertz CT molecular complexity index is 676. The predicted octanol–water partition coefficient (Wildman–Crippen LogP) is 3.17. The molecule has 24 heavy (non-hydrogen) atoms. The summed E-state index contributed by atoms with van der Waals surface area (Å²) in [6, 6.07) is 9.75. The van der Waals surface area contributed by atoms with Gasteiger partial charge in [-0.25, -0.2) is 0 Å². The molecule has 130 valence electrons. The summed E-state index contributed by atoms with van der Waals surface area (Å²) in [6.45, 7) is 10.6. The monoisotopic (exact) mass is 329 g/mol. The van der Waals surface area contributed by atoms with E-state index in [1.54, 1.807) is 0 Å². The second-order valence-electron chi connectivity index (χ2n) is 6.35. The van der Waals surface area contributed by atoms with Crippen molar-refractivity contribution in [2.75, 3.05) is 0 Å². The van der Waals surface area contributed by atoms with Crippen LogP contribution in [0.15, 0.2) is 30.3 Å². The van der Waals surface area contributed by atoms with E-state index < -0.39 is 6.10 Å². The van der Waals surface area contributed by atoms with Gasteiger partial charge in [-0.15, -0.1) is 0 Å². The number of carbonyl (C=O) groups excluding carboxylic acids is 1. The van der Waals surface area contributed by atoms with Crippen molar-refractivity contribution in [2.24, 2.45) is 0 Å². The molecule has 1 aromatic heterocycles. The number of benzene rings is 1. The summed E-state index contributed by atoms with van der Waals surface area (Å²) < 4.78 is 7.74. The van der Waals surface area contributed by atoms with Gasteiger partial charge in [0.05, 0.1) is 12.2 Å². The van der Waals surface area contributed by atoms with Crippen LogP contribution in [-0.4, -0.2) is 27.8 Å². The molecule has 0 aliphatic rings. The first-order chi connectivity index (χ1) is 11.4. The Morgan fingerprint density at radius 2 is 1.92 bits per heavy atom. The average molecular weight is 329 g/mol. The number of nitrogens with one attached hydrogen (secondary N) is 1. The highest BCUT2D eigenvalue weighted by Gasteiger charge is 2.20. The number of carbonyl (C=O) groups is 1. The molecule has 5 nitrogen and oxygen atoms in total. The number of nitrogens with zero attached hydrogens (tertiary/aromatic N) is 2. The van der Waals surface area contributed by atoms with Gasteiger partial charge in [0.15, 0.2) is 6.10 Å². The van der Waals surface area contributed by atoms with Crippen molar-refractivity contribution in [2.45, 2.75) is 59.7 Å². The molecule has 0 unspecified atom stereocenters. The van der Waals surface area contributed by atoms with Crippen LogP contribution in [-0.2, 0) is 11.3 Å². The van der Waals surface area contributed by atoms with Crippen molar-refractivity contribution in [3.63, 3.8) is 0 Å². The van der Waals surface area contributed by atoms with Gasteiger partial charge in [-0.05, 0) is 52.3 Å². The Balaban J connectivity index is 1.93. The summed E-state index contributed by atoms with van der Waals surface area (Å²) in [5.41, 5.74) is 3.25. The second kappa shape index (κ2) is 7.99. The van der Waals surface area contributed by atoms with Crippen LogP contribution in [0.1, 0.15) is 37.2 Å². The molecule has 1 N–H and O–H groups in total. The molecule has 0 saturated carbocycles. The van der Waals surface area contributed by atoms with Gasteiger partial charge in [0, 0.05) is 11.7 Å². The van der Waals surface area contributed by atoms with Crippen molar-refractivity contribution >= 4 is 5.91 Å². The van der Waals surface area contributed by atoms with Crippen molar-refractivity contribution in [3.05, 3.63) is 47.3 Å². The smallest absolute Gasteiger partial charge is 0.261 e. The van der Waals surface area contributed by atoms with Crippen molar-refractivity contribution in [1.82, 2.24) is 15.1 Å². The number of rotatable bonds is 7. The summed E-state index contributed by atoms with van der Waals surface area (Å²) in [4.78, 5) is 12.5. The minimum absolute atomic E-state index is 0.0221. The zero-order valence-electron chi connectivity index (χ0n) is 15.2. The topological polar surface area (TPSA) is 56.1 Å². The SMILES string of the molecule is CC[C@@H](Oc1ccc(C)cc1)C(=O)N[C@H](C)Cn1nc(C)cc1C. The molecule has 0 bridgehead atoms. The molecule has 2 rings (SSSR count). The largest absolute Gasteiger partial charge is 0.481 e. The highest BCUT2D eigenvalue weighted by molar-refractivity contribution is 5.81. The van der Waals surface area contributed by atoms with Crippen LogP contribution in [0.2, 0.25) is 0 Å². The average Bonchev–Trinajstić information content (AvgIpc) is 2.83. The summed E-state index contributed by atoms with van der Waals surface area (Å²) in [5, 5.41) is 7.46. The van der Waals surface area contributed by atoms with E-state index in [-0.39, 0.29) is 11.9 Å². The molecule has 2 atom stereocenters. The van der Waals surface area contributed by atoms with Crippen LogP contribution in [0.5, 0.6) is 5.75 Å². The summed E-state index contributed by atoms with van der Waals surface area (Å²) in [5.74, 6) is 0.626. The fourth-order valence-corrected chi connectivity index (χ4v) is 2.60. The van der Waals surface area contributed by atoms with Gasteiger partial charge < -0.3 is 10.1 Å². The predicted molar refractivity (Wildman–Crippen MR) is 95.2 cm³/mol. The Morgan fingerprint density at radius 1 is 1.25 bits per heavy atom. The Morgan fingerprint density at radius 3 is 2.46 bits per heavy atom. The number of hydrogen-bond acceptors (Lipinski definition) is 3. The number of amides is 1. The van der Waals surface area contributed by atoms with Crippen LogP contribution in [0, 0.1) is 20.8 Å². The van der Waals surface area contributed by atoms with E-state index >= 15 is 0 Å². The van der Waals surface area contributed by atoms with E-state index in [0.29, 0.717) is 18.7 Å². The van der Waals surface area contributed by atoms with Gasteiger partial charge in [-0.1, -0.05) is 24.6 Å². The minimum atomic E-state index is -0.490. The molecule has 1 heterocycles. The maximum Gasteiger partial charge on any atom is 0.261 e. The third-order valence-corrected chi connectivity index (χ3v) is 3.90. The third kappa shape index (κ3) is 4.85. The van der Waals surface area contributed by atoms with Gasteiger partial charge in [0.1, 0.15) is 5.75 Å². The fraction of sp³-hybridized carbons (Fsp3) is 0.474. The van der Waals surface area contributed by atoms with Crippen molar-refractivity contribution in [1.29, 1.82) is 0 Å². The van der Waals surface area contributed by atoms with Gasteiger partial charge in [0.25, 0.3) is 5.91 Å². The van der Waals surface area contributed by atoms with E-state index in [1.165, 1.54) is 5.56 Å². The minimum Gasteiger partial charge on any atom is -0.481 e. The molecule has 5 heteroatoms. The van der Waals surface area contributed by atoms with Gasteiger partial charge in [-0.3, -0.25) is 9.48 Å². The zero-order chi connectivity index (χ0) is 17.7. The van der Waals surface area contributed by atoms with Crippen LogP contribution in [0.25, 0.3) is 0 Å². The molecular formula is C19H27N3O2. The zero-order valence-corrected chi connectivity index (χ0v) is 15.2. The van der Waals surface area contributed by atoms with Crippen molar-refractivity contribution in [3.8, 4) is 5.75 Å². The Kier molecular flexibility index (Phi) is 6.01. The molecule has 0 saturated heterocycles. The van der Waals surface area contributed by atoms with Crippen LogP contribution < -0.4 is 10.1 Å². The lowest BCUT2D eigenvalue weighted by Gasteiger charge is -2.21. The van der Waals surface area contributed by atoms with Crippen LogP contribution in [0.4, 0.5) is 0 Å². The molecule has 0 radical (unpaired) electrons. The quantitative estimate of drug-likeness (QED) is 0.849. The first kappa shape index (κ1) is 18.0. The van der Waals surface area contributed by atoms with E-state index in [4.69, 9.17) is 4.74 Å². The summed E-state index contributed by atoms with van der Waals surface area (Å²) in [7, 11) is 0. The number of aryl methyl sites for hydroxylation is 3. The number of ether oxygens (including phenoxy) is 1. The van der Waals surface area contributed by atoms with Gasteiger partial charge in [-0.2, -0.15) is 5.10 Å². The summed E-state index contributed by atoms with van der Waals surface area (Å²) >= 11 is 0. The second-order valence-corrected chi connectivity index (χ2v) is 6.35. The van der Waals surface area contributed by atoms with Crippen LogP contribution >= 0.6 is 0 Å². The maximum absolute atomic E-state index is 12.5. The standard InChI is InChI=1S/C19H27N3O2/c1-6-18(24-17-9-7-13(2)8-10-17)19(23)20-15(4)12-22-16(5)11-14(3)21-22/h7-11,15,18H,6,12H2,1-5H3,(H,20,23)/t15-,18-/m1/s1. The molecule has 0 aliphatic carbocycles. The molecular weight excluding hydrogens is 302 g/mol. The third-order valence-electron chi connectivity index (χ3n) is 3.90. The first-order valence-corrected chi connectivity index (χ1v) is 8.43. The number of hydrogen-bond donors (Lipinski definition) is 1. The highest BCUT2D eigenvalue weighted by Crippen LogP contribution is 2.15. The first-order valence-electron chi connectivity index (χ1n) is 8.43. The van der Waals surface area contributed by atoms with E-state index in [1.807, 2.05) is 69.6 Å².